The molecule has 0 saturated carbocycles. The Morgan fingerprint density at radius 1 is 0.515 bits per heavy atom. The smallest absolute Gasteiger partial charge is 0.247 e. The van der Waals surface area contributed by atoms with Crippen LogP contribution in [0.25, 0.3) is 55.2 Å². The average Bonchev–Trinajstić information content (AvgIpc) is 3.92. The molecule has 0 spiro atoms. The Bertz CT molecular complexity index is 3660. The molecule has 0 atom stereocenters. The molecule has 2 aliphatic rings. The van der Waals surface area contributed by atoms with Crippen molar-refractivity contribution in [2.45, 2.75) is 31.6 Å². The summed E-state index contributed by atoms with van der Waals surface area (Å²) in [4.78, 5) is 2.46. The first-order valence-electron chi connectivity index (χ1n) is 22.8. The Balaban J connectivity index is 1.17. The van der Waals surface area contributed by atoms with Crippen molar-refractivity contribution in [1.82, 2.24) is 0 Å². The summed E-state index contributed by atoms with van der Waals surface area (Å²) in [7, 11) is 2.26. The molecule has 66 heavy (non-hydrogen) atoms. The molecule has 0 bridgehead atoms. The molecule has 313 valence electrons. The third-order valence-corrected chi connectivity index (χ3v) is 14.0. The maximum Gasteiger partial charge on any atom is 0.247 e. The third-order valence-electron chi connectivity index (χ3n) is 14.0. The molecule has 2 aromatic heterocycles. The maximum absolute atomic E-state index is 7.12. The predicted molar refractivity (Wildman–Crippen MR) is 274 cm³/mol. The van der Waals surface area contributed by atoms with Gasteiger partial charge in [0.25, 0.3) is 0 Å². The fourth-order valence-electron chi connectivity index (χ4n) is 11.0. The van der Waals surface area contributed by atoms with Gasteiger partial charge >= 0.3 is 0 Å². The molecule has 11 aromatic rings. The normalized spacial score (nSPS) is 13.7. The van der Waals surface area contributed by atoms with Crippen molar-refractivity contribution in [2.75, 3.05) is 10.2 Å². The molecule has 0 aliphatic carbocycles. The lowest BCUT2D eigenvalue weighted by Crippen LogP contribution is -2.40. The molecule has 0 unspecified atom stereocenters. The van der Waals surface area contributed by atoms with Crippen LogP contribution in [0.2, 0.25) is 0 Å². The van der Waals surface area contributed by atoms with Gasteiger partial charge in [-0.3, -0.25) is 0 Å². The fourth-order valence-corrected chi connectivity index (χ4v) is 11.0. The van der Waals surface area contributed by atoms with Crippen LogP contribution >= 0.6 is 0 Å². The van der Waals surface area contributed by atoms with Gasteiger partial charge in [-0.2, -0.15) is 0 Å². The molecule has 0 fully saturated rings. The highest BCUT2D eigenvalue weighted by atomic mass is 16.3. The van der Waals surface area contributed by atoms with Crippen LogP contribution in [0.3, 0.4) is 0 Å². The van der Waals surface area contributed by atoms with Gasteiger partial charge in [-0.25, -0.2) is 0 Å². The van der Waals surface area contributed by atoms with Crippen molar-refractivity contribution in [3.05, 3.63) is 234 Å². The van der Waals surface area contributed by atoms with Gasteiger partial charge in [0.2, 0.25) is 7.28 Å². The molecule has 4 nitrogen and oxygen atoms in total. The highest BCUT2D eigenvalue weighted by molar-refractivity contribution is 6.73. The number of fused-ring (bicyclic) bond motifs is 9. The highest BCUT2D eigenvalue weighted by Gasteiger charge is 2.45. The second kappa shape index (κ2) is 14.5. The van der Waals surface area contributed by atoms with Gasteiger partial charge < -0.3 is 19.1 Å². The van der Waals surface area contributed by atoms with Crippen molar-refractivity contribution in [3.8, 4) is 22.3 Å². The summed E-state index contributed by atoms with van der Waals surface area (Å²) in [6, 6.07) is 74.6. The van der Waals surface area contributed by atoms with Gasteiger partial charge in [0, 0.05) is 44.2 Å². The van der Waals surface area contributed by atoms with Crippen LogP contribution in [0, 0.1) is 0 Å². The fraction of sp³-hybridized carbons (Fsp3) is 0.0820. The number of rotatable bonds is 5. The largest absolute Gasteiger partial charge is 0.469 e. The van der Waals surface area contributed by atoms with E-state index in [9.17, 15) is 0 Å². The summed E-state index contributed by atoms with van der Waals surface area (Å²) < 4.78 is 14.1. The summed E-state index contributed by atoms with van der Waals surface area (Å²) in [6.45, 7) is 6.86. The van der Waals surface area contributed by atoms with Crippen LogP contribution in [0.4, 0.5) is 28.4 Å². The Labute approximate surface area is 385 Å². The summed E-state index contributed by atoms with van der Waals surface area (Å²) >= 11 is 0. The van der Waals surface area contributed by atoms with Gasteiger partial charge in [0.1, 0.15) is 16.7 Å². The van der Waals surface area contributed by atoms with Crippen LogP contribution < -0.4 is 21.3 Å². The number of hydrogen-bond acceptors (Lipinski definition) is 4. The molecule has 5 heteroatoms. The minimum absolute atomic E-state index is 0.0646. The SMILES string of the molecule is CC(C)(C)c1ccc(N2c3cc4c(oc5ccccc54)c(-c4cccc5c4Nc4ccccc4C5(c4ccccc4)c4ccccc4)c3[B]c3oc4ccccc4c32)c(-c2ccccc2)c1. The number of nitrogens with one attached hydrogen (secondary N) is 1. The average molecular weight is 848 g/mol. The summed E-state index contributed by atoms with van der Waals surface area (Å²) in [6.07, 6.45) is 0. The van der Waals surface area contributed by atoms with Crippen molar-refractivity contribution in [3.63, 3.8) is 0 Å². The zero-order valence-electron chi connectivity index (χ0n) is 37.0. The van der Waals surface area contributed by atoms with E-state index in [1.165, 1.54) is 27.8 Å². The van der Waals surface area contributed by atoms with Crippen LogP contribution in [0.1, 0.15) is 48.6 Å². The van der Waals surface area contributed by atoms with Gasteiger partial charge in [0.15, 0.2) is 0 Å². The first-order chi connectivity index (χ1) is 32.4. The van der Waals surface area contributed by atoms with Crippen molar-refractivity contribution < 1.29 is 8.83 Å². The van der Waals surface area contributed by atoms with Gasteiger partial charge in [0.05, 0.1) is 28.1 Å². The Hall–Kier alpha value is -8.02. The standard InChI is InChI=1S/C61H44BN2O2/c1-60(2,3)41-34-35-50(45(36-41)38-20-7-4-8-21-38)64-51-37-46-42-26-13-17-32-52(42)65-58(46)54(55(51)62-59-57(64)43-27-14-18-33-53(43)66-59)44-28-19-30-48-56(44)63-49-31-16-15-29-47(49)61(48,39-22-9-5-10-23-39)40-24-11-6-12-25-40/h4-37,63H,1-3H3. The summed E-state index contributed by atoms with van der Waals surface area (Å²) in [5.41, 5.74) is 19.2. The van der Waals surface area contributed by atoms with Crippen LogP contribution in [0.5, 0.6) is 0 Å². The Morgan fingerprint density at radius 2 is 1.14 bits per heavy atom. The van der Waals surface area contributed by atoms with E-state index in [-0.39, 0.29) is 5.41 Å². The van der Waals surface area contributed by atoms with E-state index < -0.39 is 5.41 Å². The third kappa shape index (κ3) is 5.59. The van der Waals surface area contributed by atoms with E-state index in [2.05, 4.69) is 245 Å². The van der Waals surface area contributed by atoms with Crippen LogP contribution in [-0.4, -0.2) is 7.28 Å². The first kappa shape index (κ1) is 38.4. The predicted octanol–water partition coefficient (Wildman–Crippen LogP) is 14.8. The lowest BCUT2D eigenvalue weighted by Gasteiger charge is -2.43. The number of nitrogens with zero attached hydrogens (tertiary/aromatic N) is 1. The lowest BCUT2D eigenvalue weighted by atomic mass is 9.60. The van der Waals surface area contributed by atoms with Gasteiger partial charge in [-0.15, -0.1) is 0 Å². The zero-order chi connectivity index (χ0) is 44.1. The van der Waals surface area contributed by atoms with Crippen molar-refractivity contribution >= 4 is 79.7 Å². The van der Waals surface area contributed by atoms with E-state index in [0.717, 1.165) is 94.7 Å². The summed E-state index contributed by atoms with van der Waals surface area (Å²) in [5, 5.41) is 7.22. The second-order valence-corrected chi connectivity index (χ2v) is 18.7. The minimum atomic E-state index is -0.640. The molecular formula is C61H44BN2O2. The van der Waals surface area contributed by atoms with E-state index in [1.807, 2.05) is 0 Å². The molecule has 13 rings (SSSR count). The van der Waals surface area contributed by atoms with Crippen LogP contribution in [-0.2, 0) is 10.8 Å². The van der Waals surface area contributed by atoms with E-state index in [1.54, 1.807) is 0 Å². The Kier molecular flexibility index (Phi) is 8.45. The number of hydrogen-bond donors (Lipinski definition) is 1. The van der Waals surface area contributed by atoms with Crippen LogP contribution in [0.15, 0.2) is 215 Å². The van der Waals surface area contributed by atoms with Gasteiger partial charge in [-0.05, 0) is 86.7 Å². The topological polar surface area (TPSA) is 41.6 Å². The lowest BCUT2D eigenvalue weighted by molar-refractivity contribution is 0.590. The van der Waals surface area contributed by atoms with E-state index in [4.69, 9.17) is 8.83 Å². The molecule has 4 heterocycles. The van der Waals surface area contributed by atoms with Gasteiger partial charge in [-0.1, -0.05) is 185 Å². The van der Waals surface area contributed by atoms with E-state index >= 15 is 0 Å². The van der Waals surface area contributed by atoms with Crippen molar-refractivity contribution in [1.29, 1.82) is 0 Å². The maximum atomic E-state index is 7.12. The van der Waals surface area contributed by atoms with Crippen molar-refractivity contribution in [2.24, 2.45) is 0 Å². The Morgan fingerprint density at radius 3 is 1.86 bits per heavy atom. The molecule has 2 aliphatic heterocycles. The van der Waals surface area contributed by atoms with E-state index in [0.29, 0.717) is 0 Å². The number of benzene rings is 9. The zero-order valence-corrected chi connectivity index (χ0v) is 37.0. The monoisotopic (exact) mass is 847 g/mol. The highest BCUT2D eigenvalue weighted by Crippen LogP contribution is 2.57. The second-order valence-electron chi connectivity index (χ2n) is 18.7. The molecule has 9 aromatic carbocycles. The number of anilines is 5. The molecule has 0 saturated heterocycles. The summed E-state index contributed by atoms with van der Waals surface area (Å²) in [5.74, 6) is 0. The molecule has 0 amide bonds. The molecule has 1 N–H and O–H groups in total. The molecular weight excluding hydrogens is 803 g/mol. The minimum Gasteiger partial charge on any atom is -0.469 e. The first-order valence-corrected chi connectivity index (χ1v) is 22.8. The number of para-hydroxylation sites is 4. The quantitative estimate of drug-likeness (QED) is 0.175. The number of furan rings is 2. The molecule has 1 radical (unpaired) electrons.